The Balaban J connectivity index is 2.54. The van der Waals surface area contributed by atoms with Gasteiger partial charge in [0.05, 0.1) is 7.05 Å². The van der Waals surface area contributed by atoms with Crippen LogP contribution in [0.15, 0.2) is 35.9 Å². The summed E-state index contributed by atoms with van der Waals surface area (Å²) in [7, 11) is 2.14. The molecule has 1 atom stereocenters. The van der Waals surface area contributed by atoms with Gasteiger partial charge in [-0.1, -0.05) is 50.6 Å². The monoisotopic (exact) mass is 244 g/mol. The summed E-state index contributed by atoms with van der Waals surface area (Å²) in [6.07, 6.45) is 4.77. The number of hydrogen-bond acceptors (Lipinski definition) is 0. The van der Waals surface area contributed by atoms with E-state index in [9.17, 15) is 0 Å². The summed E-state index contributed by atoms with van der Waals surface area (Å²) < 4.78 is 0. The van der Waals surface area contributed by atoms with Crippen molar-refractivity contribution in [2.24, 2.45) is 5.41 Å². The van der Waals surface area contributed by atoms with Crippen LogP contribution in [0.3, 0.4) is 0 Å². The fraction of sp³-hybridized carbons (Fsp3) is 0.529. The molecule has 0 heterocycles. The third-order valence-corrected chi connectivity index (χ3v) is 4.94. The van der Waals surface area contributed by atoms with Crippen molar-refractivity contribution in [2.45, 2.75) is 46.0 Å². The molecule has 1 aliphatic carbocycles. The average molecular weight is 244 g/mol. The lowest BCUT2D eigenvalue weighted by molar-refractivity contribution is -0.540. The van der Waals surface area contributed by atoms with E-state index in [1.807, 2.05) is 0 Å². The fourth-order valence-corrected chi connectivity index (χ4v) is 3.34. The second-order valence-electron chi connectivity index (χ2n) is 6.52. The molecule has 1 heteroatoms. The van der Waals surface area contributed by atoms with Crippen LogP contribution in [0.5, 0.6) is 0 Å². The predicted octanol–water partition coefficient (Wildman–Crippen LogP) is 3.54. The molecular formula is C17H26N+. The van der Waals surface area contributed by atoms with E-state index in [0.29, 0.717) is 5.41 Å². The molecule has 1 aromatic rings. The van der Waals surface area contributed by atoms with Gasteiger partial charge in [-0.15, -0.1) is 0 Å². The van der Waals surface area contributed by atoms with E-state index in [0.717, 1.165) is 6.42 Å². The van der Waals surface area contributed by atoms with Gasteiger partial charge < -0.3 is 5.32 Å². The Bertz CT molecular complexity index is 470. The molecule has 0 saturated carbocycles. The molecule has 1 unspecified atom stereocenters. The maximum atomic E-state index is 2.43. The van der Waals surface area contributed by atoms with Crippen LogP contribution >= 0.6 is 0 Å². The minimum Gasteiger partial charge on any atom is -0.316 e. The Hall–Kier alpha value is -1.08. The quantitative estimate of drug-likeness (QED) is 0.605. The molecule has 2 N–H and O–H groups in total. The summed E-state index contributed by atoms with van der Waals surface area (Å²) in [6, 6.07) is 8.86. The van der Waals surface area contributed by atoms with Gasteiger partial charge in [0.2, 0.25) is 0 Å². The number of rotatable bonds is 2. The summed E-state index contributed by atoms with van der Waals surface area (Å²) in [5.41, 5.74) is 4.97. The summed E-state index contributed by atoms with van der Waals surface area (Å²) >= 11 is 0. The molecule has 0 saturated heterocycles. The standard InChI is InChI=1S/C17H25N/c1-13-10-11-17(4,16(2,3)12-13)14-8-6-7-9-15(14)18-5/h6-10,18H,11-12H2,1-5H3/p+1. The molecule has 1 nitrogen and oxygen atoms in total. The first kappa shape index (κ1) is 13.4. The largest absolute Gasteiger partial charge is 0.316 e. The number of benzene rings is 1. The van der Waals surface area contributed by atoms with E-state index in [-0.39, 0.29) is 5.41 Å². The molecule has 98 valence electrons. The highest BCUT2D eigenvalue weighted by atomic mass is 14.8. The lowest BCUT2D eigenvalue weighted by Crippen LogP contribution is -2.73. The molecule has 18 heavy (non-hydrogen) atoms. The van der Waals surface area contributed by atoms with E-state index >= 15 is 0 Å². The maximum absolute atomic E-state index is 2.43. The molecule has 0 bridgehead atoms. The van der Waals surface area contributed by atoms with E-state index in [1.54, 1.807) is 0 Å². The Labute approximate surface area is 111 Å². The molecule has 0 fully saturated rings. The Morgan fingerprint density at radius 2 is 1.78 bits per heavy atom. The van der Waals surface area contributed by atoms with Crippen LogP contribution < -0.4 is 5.32 Å². The van der Waals surface area contributed by atoms with Gasteiger partial charge in [-0.3, -0.25) is 0 Å². The third kappa shape index (κ3) is 2.01. The highest BCUT2D eigenvalue weighted by Gasteiger charge is 2.45. The van der Waals surface area contributed by atoms with Gasteiger partial charge in [0.15, 0.2) is 0 Å². The second-order valence-corrected chi connectivity index (χ2v) is 6.52. The van der Waals surface area contributed by atoms with Gasteiger partial charge in [-0.25, -0.2) is 0 Å². The van der Waals surface area contributed by atoms with Crippen LogP contribution in [0.4, 0.5) is 5.69 Å². The smallest absolute Gasteiger partial charge is 0.133 e. The van der Waals surface area contributed by atoms with Crippen LogP contribution in [-0.4, -0.2) is 7.05 Å². The zero-order valence-corrected chi connectivity index (χ0v) is 12.4. The highest BCUT2D eigenvalue weighted by molar-refractivity contribution is 5.46. The highest BCUT2D eigenvalue weighted by Crippen LogP contribution is 2.52. The van der Waals surface area contributed by atoms with E-state index in [4.69, 9.17) is 0 Å². The molecule has 1 aromatic carbocycles. The molecule has 0 aromatic heterocycles. The van der Waals surface area contributed by atoms with Crippen LogP contribution in [0.25, 0.3) is 0 Å². The van der Waals surface area contributed by atoms with Gasteiger partial charge in [-0.05, 0) is 31.2 Å². The third-order valence-electron chi connectivity index (χ3n) is 4.94. The Morgan fingerprint density at radius 3 is 2.39 bits per heavy atom. The average Bonchev–Trinajstić information content (AvgIpc) is 2.33. The van der Waals surface area contributed by atoms with Crippen molar-refractivity contribution in [3.63, 3.8) is 0 Å². The Morgan fingerprint density at radius 1 is 1.11 bits per heavy atom. The lowest BCUT2D eigenvalue weighted by atomic mass is 9.56. The molecule has 2 rings (SSSR count). The first-order chi connectivity index (χ1) is 8.40. The lowest BCUT2D eigenvalue weighted by Gasteiger charge is -2.47. The summed E-state index contributed by atoms with van der Waals surface area (Å²) in [6.45, 7) is 9.52. The minimum atomic E-state index is 0.232. The summed E-state index contributed by atoms with van der Waals surface area (Å²) in [5.74, 6) is 0. The van der Waals surface area contributed by atoms with Crippen molar-refractivity contribution < 1.29 is 5.32 Å². The van der Waals surface area contributed by atoms with Crippen molar-refractivity contribution in [1.29, 1.82) is 0 Å². The fourth-order valence-electron chi connectivity index (χ4n) is 3.34. The van der Waals surface area contributed by atoms with Crippen molar-refractivity contribution in [3.05, 3.63) is 41.5 Å². The zero-order chi connectivity index (χ0) is 13.4. The topological polar surface area (TPSA) is 16.6 Å². The summed E-state index contributed by atoms with van der Waals surface area (Å²) in [5, 5.41) is 2.24. The minimum absolute atomic E-state index is 0.232. The second kappa shape index (κ2) is 4.55. The van der Waals surface area contributed by atoms with Crippen molar-refractivity contribution in [1.82, 2.24) is 0 Å². The van der Waals surface area contributed by atoms with E-state index in [1.165, 1.54) is 23.2 Å². The Kier molecular flexibility index (Phi) is 3.37. The molecule has 0 amide bonds. The van der Waals surface area contributed by atoms with Crippen molar-refractivity contribution in [3.8, 4) is 0 Å². The number of quaternary nitrogens is 1. The maximum Gasteiger partial charge on any atom is 0.133 e. The first-order valence-electron chi connectivity index (χ1n) is 6.95. The zero-order valence-electron chi connectivity index (χ0n) is 12.4. The number of nitrogens with two attached hydrogens (primary N) is 1. The van der Waals surface area contributed by atoms with Crippen LogP contribution in [0, 0.1) is 5.41 Å². The molecule has 0 radical (unpaired) electrons. The number of para-hydroxylation sites is 1. The van der Waals surface area contributed by atoms with Gasteiger partial charge >= 0.3 is 0 Å². The van der Waals surface area contributed by atoms with Gasteiger partial charge in [0, 0.05) is 11.0 Å². The van der Waals surface area contributed by atoms with Crippen LogP contribution in [0.1, 0.15) is 46.1 Å². The molecule has 0 spiro atoms. The van der Waals surface area contributed by atoms with Gasteiger partial charge in [0.1, 0.15) is 5.69 Å². The molecular weight excluding hydrogens is 218 g/mol. The van der Waals surface area contributed by atoms with E-state index < -0.39 is 0 Å². The van der Waals surface area contributed by atoms with Gasteiger partial charge in [-0.2, -0.15) is 0 Å². The first-order valence-corrected chi connectivity index (χ1v) is 6.95. The van der Waals surface area contributed by atoms with Crippen molar-refractivity contribution >= 4 is 5.69 Å². The normalized spacial score (nSPS) is 26.8. The van der Waals surface area contributed by atoms with Crippen molar-refractivity contribution in [2.75, 3.05) is 7.05 Å². The summed E-state index contributed by atoms with van der Waals surface area (Å²) in [4.78, 5) is 0. The molecule has 1 aliphatic rings. The van der Waals surface area contributed by atoms with E-state index in [2.05, 4.69) is 70.4 Å². The van der Waals surface area contributed by atoms with Crippen LogP contribution in [-0.2, 0) is 5.41 Å². The number of hydrogen-bond donors (Lipinski definition) is 1. The predicted molar refractivity (Wildman–Crippen MR) is 78.1 cm³/mol. The molecule has 0 aliphatic heterocycles. The SMILES string of the molecule is C[NH2+]c1ccccc1C1(C)CC=C(C)CC1(C)C. The van der Waals surface area contributed by atoms with Crippen LogP contribution in [0.2, 0.25) is 0 Å². The number of allylic oxidation sites excluding steroid dienone is 2. The van der Waals surface area contributed by atoms with Gasteiger partial charge in [0.25, 0.3) is 0 Å².